The largest absolute Gasteiger partial charge is 0.493 e. The van der Waals surface area contributed by atoms with Gasteiger partial charge in [-0.1, -0.05) is 19.9 Å². The third kappa shape index (κ3) is 5.57. The van der Waals surface area contributed by atoms with Crippen LogP contribution in [-0.4, -0.2) is 26.7 Å². The zero-order chi connectivity index (χ0) is 14.0. The molecule has 0 atom stereocenters. The minimum atomic E-state index is -0.0134. The molecule has 1 amide bonds. The first-order valence-electron chi connectivity index (χ1n) is 6.12. The molecule has 0 saturated carbocycles. The van der Waals surface area contributed by atoms with Gasteiger partial charge in [0, 0.05) is 13.5 Å². The van der Waals surface area contributed by atoms with E-state index in [-0.39, 0.29) is 5.91 Å². The van der Waals surface area contributed by atoms with Crippen molar-refractivity contribution >= 4 is 5.91 Å². The molecule has 0 heterocycles. The third-order valence-electron chi connectivity index (χ3n) is 2.24. The van der Waals surface area contributed by atoms with Crippen LogP contribution < -0.4 is 14.8 Å². The van der Waals surface area contributed by atoms with Gasteiger partial charge in [-0.2, -0.15) is 0 Å². The molecular formula is C14H23NO3. The molecular weight excluding hydrogens is 230 g/mol. The molecule has 0 aromatic heterocycles. The van der Waals surface area contributed by atoms with E-state index < -0.39 is 0 Å². The molecule has 1 aromatic carbocycles. The summed E-state index contributed by atoms with van der Waals surface area (Å²) < 4.78 is 10.3. The predicted molar refractivity (Wildman–Crippen MR) is 73.3 cm³/mol. The molecule has 1 N–H and O–H groups in total. The molecule has 0 bridgehead atoms. The Morgan fingerprint density at radius 2 is 1.78 bits per heavy atom. The Bertz CT molecular complexity index is 364. The number of methoxy groups -OCH3 is 2. The first-order chi connectivity index (χ1) is 8.67. The predicted octanol–water partition coefficient (Wildman–Crippen LogP) is 2.41. The van der Waals surface area contributed by atoms with Crippen LogP contribution in [-0.2, 0) is 11.2 Å². The Kier molecular flexibility index (Phi) is 8.45. The normalized spacial score (nSPS) is 8.94. The number of hydrogen-bond acceptors (Lipinski definition) is 3. The van der Waals surface area contributed by atoms with Crippen LogP contribution in [0.2, 0.25) is 0 Å². The quantitative estimate of drug-likeness (QED) is 0.876. The van der Waals surface area contributed by atoms with Crippen LogP contribution in [0.5, 0.6) is 11.5 Å². The van der Waals surface area contributed by atoms with Crippen LogP contribution >= 0.6 is 0 Å². The second kappa shape index (κ2) is 9.33. The molecule has 102 valence electrons. The molecule has 0 spiro atoms. The molecule has 0 radical (unpaired) electrons. The number of hydrogen-bond donors (Lipinski definition) is 1. The van der Waals surface area contributed by atoms with Gasteiger partial charge in [0.2, 0.25) is 5.91 Å². The highest BCUT2D eigenvalue weighted by Crippen LogP contribution is 2.27. The van der Waals surface area contributed by atoms with Gasteiger partial charge in [0.1, 0.15) is 0 Å². The van der Waals surface area contributed by atoms with Crippen molar-refractivity contribution in [2.24, 2.45) is 0 Å². The zero-order valence-electron chi connectivity index (χ0n) is 11.9. The van der Waals surface area contributed by atoms with Crippen LogP contribution in [0.3, 0.4) is 0 Å². The fraction of sp³-hybridized carbons (Fsp3) is 0.500. The topological polar surface area (TPSA) is 47.6 Å². The number of benzene rings is 1. The molecule has 1 aromatic rings. The Morgan fingerprint density at radius 1 is 1.17 bits per heavy atom. The van der Waals surface area contributed by atoms with Gasteiger partial charge in [0.15, 0.2) is 11.5 Å². The summed E-state index contributed by atoms with van der Waals surface area (Å²) in [7, 11) is 3.21. The SMILES string of the molecule is CC.COc1ccc(CCNC(C)=O)cc1OC. The fourth-order valence-corrected chi connectivity index (χ4v) is 1.42. The van der Waals surface area contributed by atoms with Gasteiger partial charge in [-0.25, -0.2) is 0 Å². The monoisotopic (exact) mass is 253 g/mol. The molecule has 18 heavy (non-hydrogen) atoms. The number of nitrogens with one attached hydrogen (secondary N) is 1. The Balaban J connectivity index is 0.00000137. The summed E-state index contributed by atoms with van der Waals surface area (Å²) in [6, 6.07) is 5.74. The summed E-state index contributed by atoms with van der Waals surface area (Å²) in [6.07, 6.45) is 0.778. The van der Waals surface area contributed by atoms with Gasteiger partial charge in [0.25, 0.3) is 0 Å². The van der Waals surface area contributed by atoms with E-state index in [0.29, 0.717) is 18.0 Å². The van der Waals surface area contributed by atoms with Gasteiger partial charge in [0.05, 0.1) is 14.2 Å². The van der Waals surface area contributed by atoms with E-state index in [9.17, 15) is 4.79 Å². The minimum absolute atomic E-state index is 0.0134. The molecule has 4 nitrogen and oxygen atoms in total. The molecule has 0 saturated heterocycles. The minimum Gasteiger partial charge on any atom is -0.493 e. The first kappa shape index (κ1) is 16.3. The third-order valence-corrected chi connectivity index (χ3v) is 2.24. The van der Waals surface area contributed by atoms with Gasteiger partial charge in [-0.15, -0.1) is 0 Å². The average Bonchev–Trinajstić information content (AvgIpc) is 2.40. The summed E-state index contributed by atoms with van der Waals surface area (Å²) in [5.74, 6) is 1.41. The van der Waals surface area contributed by atoms with E-state index in [1.54, 1.807) is 14.2 Å². The summed E-state index contributed by atoms with van der Waals surface area (Å²) in [5, 5.41) is 2.75. The van der Waals surface area contributed by atoms with Crippen molar-refractivity contribution in [2.75, 3.05) is 20.8 Å². The maximum absolute atomic E-state index is 10.7. The van der Waals surface area contributed by atoms with E-state index in [4.69, 9.17) is 9.47 Å². The van der Waals surface area contributed by atoms with Crippen LogP contribution in [0.15, 0.2) is 18.2 Å². The average molecular weight is 253 g/mol. The fourth-order valence-electron chi connectivity index (χ4n) is 1.42. The van der Waals surface area contributed by atoms with E-state index in [0.717, 1.165) is 12.0 Å². The maximum Gasteiger partial charge on any atom is 0.216 e. The number of ether oxygens (including phenoxy) is 2. The molecule has 4 heteroatoms. The number of carbonyl (C=O) groups is 1. The van der Waals surface area contributed by atoms with Crippen molar-refractivity contribution in [3.63, 3.8) is 0 Å². The van der Waals surface area contributed by atoms with Gasteiger partial charge < -0.3 is 14.8 Å². The molecule has 0 unspecified atom stereocenters. The lowest BCUT2D eigenvalue weighted by molar-refractivity contribution is -0.118. The van der Waals surface area contributed by atoms with Crippen molar-refractivity contribution in [3.05, 3.63) is 23.8 Å². The van der Waals surface area contributed by atoms with Gasteiger partial charge in [-0.05, 0) is 24.1 Å². The lowest BCUT2D eigenvalue weighted by Crippen LogP contribution is -2.22. The summed E-state index contributed by atoms with van der Waals surface area (Å²) in [6.45, 7) is 6.14. The van der Waals surface area contributed by atoms with Crippen molar-refractivity contribution in [1.82, 2.24) is 5.32 Å². The first-order valence-corrected chi connectivity index (χ1v) is 6.12. The standard InChI is InChI=1S/C12H17NO3.C2H6/c1-9(14)13-7-6-10-4-5-11(15-2)12(8-10)16-3;1-2/h4-5,8H,6-7H2,1-3H3,(H,13,14);1-2H3. The van der Waals surface area contributed by atoms with E-state index in [1.807, 2.05) is 32.0 Å². The zero-order valence-corrected chi connectivity index (χ0v) is 11.9. The van der Waals surface area contributed by atoms with E-state index >= 15 is 0 Å². The van der Waals surface area contributed by atoms with Crippen LogP contribution in [0.1, 0.15) is 26.3 Å². The lowest BCUT2D eigenvalue weighted by Gasteiger charge is -2.09. The van der Waals surface area contributed by atoms with E-state index in [1.165, 1.54) is 6.92 Å². The van der Waals surface area contributed by atoms with Crippen LogP contribution in [0.25, 0.3) is 0 Å². The molecule has 0 aliphatic carbocycles. The summed E-state index contributed by atoms with van der Waals surface area (Å²) >= 11 is 0. The number of carbonyl (C=O) groups excluding carboxylic acids is 1. The highest BCUT2D eigenvalue weighted by molar-refractivity contribution is 5.72. The lowest BCUT2D eigenvalue weighted by atomic mass is 10.1. The molecule has 0 fully saturated rings. The smallest absolute Gasteiger partial charge is 0.216 e. The Morgan fingerprint density at radius 3 is 2.28 bits per heavy atom. The second-order valence-corrected chi connectivity index (χ2v) is 3.42. The van der Waals surface area contributed by atoms with Gasteiger partial charge in [-0.3, -0.25) is 4.79 Å². The maximum atomic E-state index is 10.7. The Labute approximate surface area is 109 Å². The Hall–Kier alpha value is -1.71. The van der Waals surface area contributed by atoms with Crippen LogP contribution in [0.4, 0.5) is 0 Å². The second-order valence-electron chi connectivity index (χ2n) is 3.42. The highest BCUT2D eigenvalue weighted by atomic mass is 16.5. The number of rotatable bonds is 5. The highest BCUT2D eigenvalue weighted by Gasteiger charge is 2.04. The molecule has 1 rings (SSSR count). The molecule has 0 aliphatic heterocycles. The van der Waals surface area contributed by atoms with Crippen molar-refractivity contribution in [3.8, 4) is 11.5 Å². The van der Waals surface area contributed by atoms with Crippen molar-refractivity contribution in [2.45, 2.75) is 27.2 Å². The van der Waals surface area contributed by atoms with Crippen molar-refractivity contribution in [1.29, 1.82) is 0 Å². The summed E-state index contributed by atoms with van der Waals surface area (Å²) in [5.41, 5.74) is 1.10. The van der Waals surface area contributed by atoms with Gasteiger partial charge >= 0.3 is 0 Å². The van der Waals surface area contributed by atoms with E-state index in [2.05, 4.69) is 5.32 Å². The van der Waals surface area contributed by atoms with Crippen LogP contribution in [0, 0.1) is 0 Å². The molecule has 0 aliphatic rings. The summed E-state index contributed by atoms with van der Waals surface area (Å²) in [4.78, 5) is 10.7. The van der Waals surface area contributed by atoms with Crippen molar-refractivity contribution < 1.29 is 14.3 Å². The number of amides is 1.